The zero-order valence-electron chi connectivity index (χ0n) is 15.7. The summed E-state index contributed by atoms with van der Waals surface area (Å²) < 4.78 is 63.2. The van der Waals surface area contributed by atoms with Crippen molar-refractivity contribution in [3.05, 3.63) is 54.1 Å². The molecule has 0 bridgehead atoms. The Morgan fingerprint density at radius 2 is 1.64 bits per heavy atom. The van der Waals surface area contributed by atoms with E-state index in [-0.39, 0.29) is 30.2 Å². The van der Waals surface area contributed by atoms with Crippen LogP contribution in [0.25, 0.3) is 0 Å². The van der Waals surface area contributed by atoms with Crippen molar-refractivity contribution in [2.45, 2.75) is 16.6 Å². The predicted molar refractivity (Wildman–Crippen MR) is 106 cm³/mol. The first-order valence-corrected chi connectivity index (χ1v) is 11.9. The van der Waals surface area contributed by atoms with Gasteiger partial charge in [0.1, 0.15) is 0 Å². The van der Waals surface area contributed by atoms with Crippen LogP contribution in [0.5, 0.6) is 11.5 Å². The molecular formula is C19H23NO6S2. The molecule has 1 fully saturated rings. The highest BCUT2D eigenvalue weighted by atomic mass is 32.2. The second-order valence-electron chi connectivity index (χ2n) is 6.48. The zero-order chi connectivity index (χ0) is 20.4. The summed E-state index contributed by atoms with van der Waals surface area (Å²) in [5, 5.41) is -0.709. The highest BCUT2D eigenvalue weighted by molar-refractivity contribution is 7.92. The van der Waals surface area contributed by atoms with Crippen LogP contribution in [0.2, 0.25) is 0 Å². The number of hydrogen-bond donors (Lipinski definition) is 0. The Hall–Kier alpha value is -2.10. The summed E-state index contributed by atoms with van der Waals surface area (Å²) >= 11 is 0. The molecule has 1 heterocycles. The highest BCUT2D eigenvalue weighted by Crippen LogP contribution is 2.33. The topological polar surface area (TPSA) is 90.0 Å². The molecule has 9 heteroatoms. The molecule has 0 radical (unpaired) electrons. The van der Waals surface area contributed by atoms with E-state index in [9.17, 15) is 16.8 Å². The molecule has 152 valence electrons. The Kier molecular flexibility index (Phi) is 5.97. The van der Waals surface area contributed by atoms with Gasteiger partial charge in [0.25, 0.3) is 0 Å². The van der Waals surface area contributed by atoms with Crippen molar-refractivity contribution in [2.75, 3.05) is 33.1 Å². The van der Waals surface area contributed by atoms with Crippen LogP contribution < -0.4 is 9.47 Å². The lowest BCUT2D eigenvalue weighted by atomic mass is 10.1. The Bertz CT molecular complexity index is 1040. The second kappa shape index (κ2) is 8.10. The van der Waals surface area contributed by atoms with Crippen molar-refractivity contribution in [3.63, 3.8) is 0 Å². The maximum Gasteiger partial charge on any atom is 0.243 e. The maximum atomic E-state index is 13.1. The number of rotatable bonds is 5. The molecule has 7 nitrogen and oxygen atoms in total. The molecule has 0 saturated carbocycles. The van der Waals surface area contributed by atoms with Crippen LogP contribution in [0.15, 0.2) is 53.4 Å². The molecule has 1 atom stereocenters. The first-order valence-electron chi connectivity index (χ1n) is 8.78. The summed E-state index contributed by atoms with van der Waals surface area (Å²) in [6.45, 7) is 0.0395. The van der Waals surface area contributed by atoms with Crippen LogP contribution in [-0.2, 0) is 19.9 Å². The van der Waals surface area contributed by atoms with Crippen molar-refractivity contribution in [3.8, 4) is 11.5 Å². The van der Waals surface area contributed by atoms with E-state index in [1.54, 1.807) is 24.3 Å². The number of sulfone groups is 1. The van der Waals surface area contributed by atoms with Gasteiger partial charge in [-0.25, -0.2) is 16.8 Å². The molecule has 1 aliphatic heterocycles. The van der Waals surface area contributed by atoms with E-state index in [0.717, 1.165) is 0 Å². The Labute approximate surface area is 165 Å². The van der Waals surface area contributed by atoms with Gasteiger partial charge in [0.2, 0.25) is 10.0 Å². The highest BCUT2D eigenvalue weighted by Gasteiger charge is 2.35. The maximum absolute atomic E-state index is 13.1. The van der Waals surface area contributed by atoms with E-state index in [2.05, 4.69) is 0 Å². The molecule has 0 amide bonds. The third kappa shape index (κ3) is 4.01. The van der Waals surface area contributed by atoms with Crippen LogP contribution >= 0.6 is 0 Å². The van der Waals surface area contributed by atoms with E-state index in [1.807, 2.05) is 6.07 Å². The molecule has 28 heavy (non-hydrogen) atoms. The summed E-state index contributed by atoms with van der Waals surface area (Å²) in [4.78, 5) is 0.0423. The van der Waals surface area contributed by atoms with Crippen molar-refractivity contribution in [1.29, 1.82) is 0 Å². The van der Waals surface area contributed by atoms with E-state index in [0.29, 0.717) is 17.1 Å². The Balaban J connectivity index is 1.90. The van der Waals surface area contributed by atoms with Gasteiger partial charge < -0.3 is 9.47 Å². The number of methoxy groups -OCH3 is 2. The van der Waals surface area contributed by atoms with Crippen molar-refractivity contribution < 1.29 is 26.3 Å². The summed E-state index contributed by atoms with van der Waals surface area (Å²) in [7, 11) is -4.43. The van der Waals surface area contributed by atoms with Gasteiger partial charge in [-0.15, -0.1) is 0 Å². The molecule has 2 aromatic rings. The number of ether oxygens (including phenoxy) is 2. The van der Waals surface area contributed by atoms with Crippen LogP contribution in [0, 0.1) is 0 Å². The minimum absolute atomic E-state index is 0.0423. The Morgan fingerprint density at radius 1 is 0.964 bits per heavy atom. The molecule has 0 aliphatic carbocycles. The molecule has 1 aliphatic rings. The molecular weight excluding hydrogens is 402 g/mol. The number of benzene rings is 2. The SMILES string of the molecule is COc1ccc(S(=O)(=O)N2CCC(c3ccccc3)S(=O)(=O)CC2)cc1OC. The van der Waals surface area contributed by atoms with Crippen LogP contribution in [0.3, 0.4) is 0 Å². The molecule has 1 saturated heterocycles. The summed E-state index contributed by atoms with van der Waals surface area (Å²) in [6.07, 6.45) is 0.207. The van der Waals surface area contributed by atoms with Gasteiger partial charge in [-0.3, -0.25) is 0 Å². The lowest BCUT2D eigenvalue weighted by molar-refractivity contribution is 0.353. The van der Waals surface area contributed by atoms with Gasteiger partial charge in [-0.1, -0.05) is 30.3 Å². The fraction of sp³-hybridized carbons (Fsp3) is 0.368. The fourth-order valence-electron chi connectivity index (χ4n) is 3.33. The van der Waals surface area contributed by atoms with Gasteiger partial charge in [0, 0.05) is 19.2 Å². The van der Waals surface area contributed by atoms with Crippen molar-refractivity contribution in [2.24, 2.45) is 0 Å². The number of hydrogen-bond acceptors (Lipinski definition) is 6. The molecule has 1 unspecified atom stereocenters. The standard InChI is InChI=1S/C19H23NO6S2/c1-25-17-9-8-16(14-18(17)26-2)28(23,24)20-11-10-19(27(21,22)13-12-20)15-6-4-3-5-7-15/h3-9,14,19H,10-13H2,1-2H3. The van der Waals surface area contributed by atoms with E-state index in [4.69, 9.17) is 9.47 Å². The lowest BCUT2D eigenvalue weighted by Crippen LogP contribution is -2.33. The van der Waals surface area contributed by atoms with Crippen LogP contribution in [-0.4, -0.2) is 54.2 Å². The minimum atomic E-state index is -3.87. The van der Waals surface area contributed by atoms with Gasteiger partial charge in [-0.05, 0) is 24.1 Å². The summed E-state index contributed by atoms with van der Waals surface area (Å²) in [5.74, 6) is 0.497. The lowest BCUT2D eigenvalue weighted by Gasteiger charge is -2.20. The Morgan fingerprint density at radius 3 is 2.29 bits per heavy atom. The molecule has 0 spiro atoms. The van der Waals surface area contributed by atoms with Crippen LogP contribution in [0.4, 0.5) is 0 Å². The first kappa shape index (κ1) is 20.6. The van der Waals surface area contributed by atoms with Gasteiger partial charge in [0.15, 0.2) is 21.3 Å². The molecule has 2 aromatic carbocycles. The molecule has 0 N–H and O–H groups in total. The third-order valence-electron chi connectivity index (χ3n) is 4.86. The van der Waals surface area contributed by atoms with E-state index < -0.39 is 25.1 Å². The minimum Gasteiger partial charge on any atom is -0.493 e. The monoisotopic (exact) mass is 425 g/mol. The zero-order valence-corrected chi connectivity index (χ0v) is 17.4. The molecule has 0 aromatic heterocycles. The number of nitrogens with zero attached hydrogens (tertiary/aromatic N) is 1. The van der Waals surface area contributed by atoms with E-state index >= 15 is 0 Å². The van der Waals surface area contributed by atoms with Crippen molar-refractivity contribution in [1.82, 2.24) is 4.31 Å². The smallest absolute Gasteiger partial charge is 0.243 e. The van der Waals surface area contributed by atoms with Gasteiger partial charge >= 0.3 is 0 Å². The van der Waals surface area contributed by atoms with E-state index in [1.165, 1.54) is 36.7 Å². The fourth-order valence-corrected chi connectivity index (χ4v) is 6.71. The third-order valence-corrected chi connectivity index (χ3v) is 8.88. The quantitative estimate of drug-likeness (QED) is 0.730. The number of sulfonamides is 1. The predicted octanol–water partition coefficient (Wildman–Crippen LogP) is 2.25. The second-order valence-corrected chi connectivity index (χ2v) is 10.7. The largest absolute Gasteiger partial charge is 0.493 e. The van der Waals surface area contributed by atoms with Gasteiger partial charge in [-0.2, -0.15) is 4.31 Å². The van der Waals surface area contributed by atoms with Gasteiger partial charge in [0.05, 0.1) is 30.1 Å². The molecule has 3 rings (SSSR count). The average molecular weight is 426 g/mol. The summed E-state index contributed by atoms with van der Waals surface area (Å²) in [5.41, 5.74) is 0.688. The summed E-state index contributed by atoms with van der Waals surface area (Å²) in [6, 6.07) is 13.3. The average Bonchev–Trinajstić information content (AvgIpc) is 2.86. The van der Waals surface area contributed by atoms with Crippen LogP contribution in [0.1, 0.15) is 17.2 Å². The normalized spacial score (nSPS) is 20.3. The first-order chi connectivity index (χ1) is 13.3. The van der Waals surface area contributed by atoms with Crippen molar-refractivity contribution >= 4 is 19.9 Å².